The molecule has 3 aromatic rings. The second kappa shape index (κ2) is 7.50. The Bertz CT molecular complexity index is 1050. The van der Waals surface area contributed by atoms with Gasteiger partial charge in [-0.05, 0) is 12.1 Å². The zero-order valence-electron chi connectivity index (χ0n) is 14.8. The smallest absolute Gasteiger partial charge is 0.259 e. The number of rotatable bonds is 3. The Balaban J connectivity index is 1.71. The van der Waals surface area contributed by atoms with Crippen LogP contribution in [0.1, 0.15) is 12.8 Å². The van der Waals surface area contributed by atoms with Gasteiger partial charge in [0.15, 0.2) is 0 Å². The molecule has 0 spiro atoms. The Labute approximate surface area is 164 Å². The van der Waals surface area contributed by atoms with Crippen LogP contribution in [0.15, 0.2) is 41.3 Å². The van der Waals surface area contributed by atoms with E-state index in [4.69, 9.17) is 11.6 Å². The summed E-state index contributed by atoms with van der Waals surface area (Å²) in [5.74, 6) is 1.89. The third-order valence-corrected chi connectivity index (χ3v) is 6.55. The number of anilines is 1. The van der Waals surface area contributed by atoms with Gasteiger partial charge >= 0.3 is 0 Å². The van der Waals surface area contributed by atoms with Gasteiger partial charge < -0.3 is 9.87 Å². The lowest BCUT2D eigenvalue weighted by molar-refractivity contribution is 0.557. The summed E-state index contributed by atoms with van der Waals surface area (Å²) in [4.78, 5) is 21.8. The van der Waals surface area contributed by atoms with Crippen LogP contribution in [0.25, 0.3) is 22.2 Å². The molecule has 1 fully saturated rings. The average Bonchev–Trinajstić information content (AvgIpc) is 2.67. The van der Waals surface area contributed by atoms with E-state index in [-0.39, 0.29) is 11.6 Å². The Morgan fingerprint density at radius 2 is 2.00 bits per heavy atom. The maximum atomic E-state index is 12.9. The quantitative estimate of drug-likeness (QED) is 0.681. The summed E-state index contributed by atoms with van der Waals surface area (Å²) >= 11 is 5.56. The highest BCUT2D eigenvalue weighted by Crippen LogP contribution is 2.27. The van der Waals surface area contributed by atoms with Crippen molar-refractivity contribution < 1.29 is 4.55 Å². The molecule has 1 aliphatic heterocycles. The maximum Gasteiger partial charge on any atom is 0.259 e. The molecule has 6 nitrogen and oxygen atoms in total. The Kier molecular flexibility index (Phi) is 5.08. The number of hydrogen-bond donors (Lipinski definition) is 1. The number of aryl methyl sites for hydroxylation is 1. The van der Waals surface area contributed by atoms with Crippen LogP contribution in [0.5, 0.6) is 0 Å². The number of hydrogen-bond acceptors (Lipinski definition) is 5. The molecule has 0 aliphatic carbocycles. The topological polar surface area (TPSA) is 82.9 Å². The van der Waals surface area contributed by atoms with Crippen molar-refractivity contribution >= 4 is 39.8 Å². The van der Waals surface area contributed by atoms with Gasteiger partial charge in [0, 0.05) is 53.7 Å². The van der Waals surface area contributed by atoms with E-state index in [2.05, 4.69) is 15.3 Å². The van der Waals surface area contributed by atoms with Crippen LogP contribution in [-0.2, 0) is 18.2 Å². The minimum atomic E-state index is -0.708. The Hall–Kier alpha value is -2.09. The first kappa shape index (κ1) is 18.3. The molecule has 2 aromatic heterocycles. The number of nitrogens with one attached hydrogen (secondary N) is 1. The zero-order chi connectivity index (χ0) is 19.0. The highest BCUT2D eigenvalue weighted by atomic mass is 35.5. The Morgan fingerprint density at radius 3 is 2.74 bits per heavy atom. The predicted molar refractivity (Wildman–Crippen MR) is 110 cm³/mol. The normalized spacial score (nSPS) is 20.0. The fraction of sp³-hybridized carbons (Fsp3) is 0.316. The van der Waals surface area contributed by atoms with Crippen LogP contribution in [-0.4, -0.2) is 36.6 Å². The van der Waals surface area contributed by atoms with Crippen molar-refractivity contribution in [2.45, 2.75) is 18.9 Å². The van der Waals surface area contributed by atoms with Crippen LogP contribution < -0.4 is 10.9 Å². The maximum absolute atomic E-state index is 12.9. The lowest BCUT2D eigenvalue weighted by Gasteiger charge is -2.25. The van der Waals surface area contributed by atoms with Crippen molar-refractivity contribution in [2.75, 3.05) is 16.8 Å². The molecule has 0 atom stereocenters. The molecule has 27 heavy (non-hydrogen) atoms. The minimum Gasteiger partial charge on any atom is -0.616 e. The molecule has 3 heterocycles. The fourth-order valence-corrected chi connectivity index (χ4v) is 4.85. The average molecular weight is 403 g/mol. The number of aromatic nitrogens is 3. The summed E-state index contributed by atoms with van der Waals surface area (Å²) < 4.78 is 13.0. The van der Waals surface area contributed by atoms with Gasteiger partial charge in [-0.15, -0.1) is 0 Å². The first-order valence-electron chi connectivity index (χ1n) is 8.76. The van der Waals surface area contributed by atoms with Gasteiger partial charge in [-0.25, -0.2) is 4.98 Å². The number of pyridine rings is 1. The number of nitrogens with zero attached hydrogens (tertiary/aromatic N) is 3. The lowest BCUT2D eigenvalue weighted by Crippen LogP contribution is -2.32. The molecular formula is C19H19ClN4O2S. The van der Waals surface area contributed by atoms with E-state index in [1.807, 2.05) is 18.2 Å². The second-order valence-corrected chi connectivity index (χ2v) is 8.74. The molecule has 0 radical (unpaired) electrons. The largest absolute Gasteiger partial charge is 0.616 e. The van der Waals surface area contributed by atoms with E-state index < -0.39 is 11.2 Å². The van der Waals surface area contributed by atoms with E-state index in [9.17, 15) is 9.35 Å². The van der Waals surface area contributed by atoms with Crippen molar-refractivity contribution in [2.24, 2.45) is 7.05 Å². The number of halogens is 1. The van der Waals surface area contributed by atoms with Gasteiger partial charge in [0.1, 0.15) is 17.2 Å². The van der Waals surface area contributed by atoms with E-state index in [0.29, 0.717) is 39.3 Å². The van der Waals surface area contributed by atoms with Crippen LogP contribution in [0.4, 0.5) is 5.95 Å². The summed E-state index contributed by atoms with van der Waals surface area (Å²) in [6.45, 7) is 0. The molecule has 8 heteroatoms. The molecule has 140 valence electrons. The third-order valence-electron chi connectivity index (χ3n) is 4.83. The van der Waals surface area contributed by atoms with Gasteiger partial charge in [-0.1, -0.05) is 41.0 Å². The molecule has 1 aromatic carbocycles. The van der Waals surface area contributed by atoms with Crippen LogP contribution >= 0.6 is 11.6 Å². The highest BCUT2D eigenvalue weighted by Gasteiger charge is 2.22. The SMILES string of the molecule is Cn1c(=O)c(-c2ccccc2Cl)cc2cnc(NC3CC[S+]([O-])CC3)nc21. The third kappa shape index (κ3) is 3.67. The fourth-order valence-electron chi connectivity index (χ4n) is 3.31. The highest BCUT2D eigenvalue weighted by molar-refractivity contribution is 7.91. The monoisotopic (exact) mass is 402 g/mol. The summed E-state index contributed by atoms with van der Waals surface area (Å²) in [5, 5.41) is 4.60. The van der Waals surface area contributed by atoms with Crippen molar-refractivity contribution in [1.82, 2.24) is 14.5 Å². The molecule has 1 aliphatic rings. The Morgan fingerprint density at radius 1 is 1.26 bits per heavy atom. The molecule has 0 bridgehead atoms. The van der Waals surface area contributed by atoms with E-state index in [1.54, 1.807) is 25.4 Å². The molecule has 1 N–H and O–H groups in total. The summed E-state index contributed by atoms with van der Waals surface area (Å²) in [7, 11) is 1.70. The molecule has 4 rings (SSSR count). The van der Waals surface area contributed by atoms with Crippen LogP contribution in [0.2, 0.25) is 5.02 Å². The summed E-state index contributed by atoms with van der Waals surface area (Å²) in [6, 6.07) is 9.27. The lowest BCUT2D eigenvalue weighted by atomic mass is 10.1. The summed E-state index contributed by atoms with van der Waals surface area (Å²) in [6.07, 6.45) is 3.38. The van der Waals surface area contributed by atoms with E-state index in [1.165, 1.54) is 4.57 Å². The van der Waals surface area contributed by atoms with Gasteiger partial charge in [-0.2, -0.15) is 4.98 Å². The van der Waals surface area contributed by atoms with E-state index >= 15 is 0 Å². The standard InChI is InChI=1S/C19H19ClN4O2S/c1-24-17-12(10-15(18(24)25)14-4-2-3-5-16(14)20)11-21-19(23-17)22-13-6-8-27(26)9-7-13/h2-5,10-11,13H,6-9H2,1H3,(H,21,22,23). The number of fused-ring (bicyclic) bond motifs is 1. The van der Waals surface area contributed by atoms with Gasteiger partial charge in [0.2, 0.25) is 5.95 Å². The molecule has 0 saturated carbocycles. The van der Waals surface area contributed by atoms with Crippen molar-refractivity contribution in [3.05, 3.63) is 51.9 Å². The van der Waals surface area contributed by atoms with Gasteiger partial charge in [0.05, 0.1) is 0 Å². The van der Waals surface area contributed by atoms with E-state index in [0.717, 1.165) is 18.2 Å². The molecular weight excluding hydrogens is 384 g/mol. The summed E-state index contributed by atoms with van der Waals surface area (Å²) in [5.41, 5.74) is 1.62. The predicted octanol–water partition coefficient (Wildman–Crippen LogP) is 2.97. The minimum absolute atomic E-state index is 0.159. The molecule has 1 saturated heterocycles. The molecule has 0 unspecified atom stereocenters. The molecule has 0 amide bonds. The van der Waals surface area contributed by atoms with Crippen molar-refractivity contribution in [1.29, 1.82) is 0 Å². The second-order valence-electron chi connectivity index (χ2n) is 6.64. The van der Waals surface area contributed by atoms with Gasteiger partial charge in [-0.3, -0.25) is 9.36 Å². The van der Waals surface area contributed by atoms with Crippen molar-refractivity contribution in [3.8, 4) is 11.1 Å². The van der Waals surface area contributed by atoms with Crippen LogP contribution in [0, 0.1) is 0 Å². The van der Waals surface area contributed by atoms with Crippen LogP contribution in [0.3, 0.4) is 0 Å². The van der Waals surface area contributed by atoms with Crippen molar-refractivity contribution in [3.63, 3.8) is 0 Å². The first-order valence-corrected chi connectivity index (χ1v) is 10.6. The number of benzene rings is 1. The van der Waals surface area contributed by atoms with Gasteiger partial charge in [0.25, 0.3) is 5.56 Å². The zero-order valence-corrected chi connectivity index (χ0v) is 16.4. The first-order chi connectivity index (χ1) is 13.0.